The molecular formula is C8H14ClN3O2S. The highest BCUT2D eigenvalue weighted by atomic mass is 35.5. The van der Waals surface area contributed by atoms with Crippen LogP contribution in [0.15, 0.2) is 18.5 Å². The largest absolute Gasteiger partial charge is 0.271 e. The number of nitrogens with zero attached hydrogens (tertiary/aromatic N) is 2. The Morgan fingerprint density at radius 3 is 2.87 bits per heavy atom. The Balaban J connectivity index is 2.46. The summed E-state index contributed by atoms with van der Waals surface area (Å²) in [6.07, 6.45) is 3.44. The molecule has 0 fully saturated rings. The standard InChI is InChI=1S/C8H14ClN3O2S/c1-8(7-12-5-2-4-10-12)11-15(13,14)6-3-9/h2,4-5,8,11H,3,6-7H2,1H3. The van der Waals surface area contributed by atoms with Crippen LogP contribution in [0.1, 0.15) is 6.92 Å². The number of alkyl halides is 1. The van der Waals surface area contributed by atoms with Crippen molar-refractivity contribution in [3.63, 3.8) is 0 Å². The zero-order valence-electron chi connectivity index (χ0n) is 8.43. The molecule has 0 aliphatic carbocycles. The predicted molar refractivity (Wildman–Crippen MR) is 59.3 cm³/mol. The van der Waals surface area contributed by atoms with Gasteiger partial charge in [-0.2, -0.15) is 5.10 Å². The van der Waals surface area contributed by atoms with E-state index >= 15 is 0 Å². The van der Waals surface area contributed by atoms with Crippen LogP contribution in [0.5, 0.6) is 0 Å². The van der Waals surface area contributed by atoms with Gasteiger partial charge >= 0.3 is 0 Å². The van der Waals surface area contributed by atoms with Gasteiger partial charge < -0.3 is 0 Å². The summed E-state index contributed by atoms with van der Waals surface area (Å²) in [5, 5.41) is 3.99. The fourth-order valence-electron chi connectivity index (χ4n) is 1.19. The van der Waals surface area contributed by atoms with Crippen molar-refractivity contribution < 1.29 is 8.42 Å². The first-order chi connectivity index (χ1) is 7.03. The number of halogens is 1. The Morgan fingerprint density at radius 1 is 1.60 bits per heavy atom. The van der Waals surface area contributed by atoms with Crippen LogP contribution in [-0.2, 0) is 16.6 Å². The normalized spacial score (nSPS) is 14.0. The van der Waals surface area contributed by atoms with Crippen LogP contribution >= 0.6 is 11.6 Å². The highest BCUT2D eigenvalue weighted by Gasteiger charge is 2.13. The minimum Gasteiger partial charge on any atom is -0.271 e. The Morgan fingerprint density at radius 2 is 2.33 bits per heavy atom. The van der Waals surface area contributed by atoms with Gasteiger partial charge in [0.05, 0.1) is 12.3 Å². The molecule has 0 aliphatic heterocycles. The Labute approximate surface area is 94.5 Å². The molecule has 0 spiro atoms. The lowest BCUT2D eigenvalue weighted by Gasteiger charge is -2.13. The van der Waals surface area contributed by atoms with Crippen molar-refractivity contribution in [3.05, 3.63) is 18.5 Å². The number of hydrogen-bond donors (Lipinski definition) is 1. The van der Waals surface area contributed by atoms with E-state index in [1.54, 1.807) is 30.1 Å². The number of rotatable bonds is 6. The average molecular weight is 252 g/mol. The maximum atomic E-state index is 11.3. The van der Waals surface area contributed by atoms with Crippen molar-refractivity contribution >= 4 is 21.6 Å². The second-order valence-corrected chi connectivity index (χ2v) is 5.51. The Kier molecular flexibility index (Phi) is 4.56. The number of aromatic nitrogens is 2. The second kappa shape index (κ2) is 5.48. The van der Waals surface area contributed by atoms with Gasteiger partial charge in [-0.05, 0) is 13.0 Å². The molecule has 0 bridgehead atoms. The van der Waals surface area contributed by atoms with Gasteiger partial charge in [-0.15, -0.1) is 11.6 Å². The number of nitrogens with one attached hydrogen (secondary N) is 1. The molecule has 1 heterocycles. The fraction of sp³-hybridized carbons (Fsp3) is 0.625. The second-order valence-electron chi connectivity index (χ2n) is 3.25. The lowest BCUT2D eigenvalue weighted by Crippen LogP contribution is -2.37. The van der Waals surface area contributed by atoms with Crippen molar-refractivity contribution in [2.45, 2.75) is 19.5 Å². The monoisotopic (exact) mass is 251 g/mol. The van der Waals surface area contributed by atoms with Gasteiger partial charge in [-0.1, -0.05) is 0 Å². The van der Waals surface area contributed by atoms with E-state index in [9.17, 15) is 8.42 Å². The molecule has 1 rings (SSSR count). The van der Waals surface area contributed by atoms with E-state index in [-0.39, 0.29) is 17.7 Å². The molecule has 15 heavy (non-hydrogen) atoms. The summed E-state index contributed by atoms with van der Waals surface area (Å²) in [6, 6.07) is 1.60. The quantitative estimate of drug-likeness (QED) is 0.746. The number of hydrogen-bond acceptors (Lipinski definition) is 3. The van der Waals surface area contributed by atoms with Crippen LogP contribution in [-0.4, -0.2) is 35.9 Å². The van der Waals surface area contributed by atoms with Crippen LogP contribution in [0.2, 0.25) is 0 Å². The van der Waals surface area contributed by atoms with E-state index in [4.69, 9.17) is 11.6 Å². The summed E-state index contributed by atoms with van der Waals surface area (Å²) >= 11 is 5.38. The van der Waals surface area contributed by atoms with E-state index in [2.05, 4.69) is 9.82 Å². The number of sulfonamides is 1. The van der Waals surface area contributed by atoms with E-state index in [0.717, 1.165) is 0 Å². The summed E-state index contributed by atoms with van der Waals surface area (Å²) in [4.78, 5) is 0. The molecule has 0 aliphatic rings. The van der Waals surface area contributed by atoms with Gasteiger partial charge in [0.25, 0.3) is 0 Å². The van der Waals surface area contributed by atoms with Crippen molar-refractivity contribution in [2.75, 3.05) is 11.6 Å². The van der Waals surface area contributed by atoms with Crippen molar-refractivity contribution in [1.29, 1.82) is 0 Å². The molecule has 1 atom stereocenters. The Hall–Kier alpha value is -0.590. The first-order valence-corrected chi connectivity index (χ1v) is 6.75. The van der Waals surface area contributed by atoms with Crippen LogP contribution in [0.25, 0.3) is 0 Å². The molecule has 0 aromatic carbocycles. The third-order valence-corrected chi connectivity index (χ3v) is 3.66. The van der Waals surface area contributed by atoms with Gasteiger partial charge in [0.1, 0.15) is 0 Å². The third-order valence-electron chi connectivity index (χ3n) is 1.75. The summed E-state index contributed by atoms with van der Waals surface area (Å²) in [7, 11) is -3.26. The average Bonchev–Trinajstić information content (AvgIpc) is 2.54. The smallest absolute Gasteiger partial charge is 0.213 e. The van der Waals surface area contributed by atoms with Gasteiger partial charge in [0.15, 0.2) is 0 Å². The molecule has 1 aromatic rings. The third kappa shape index (κ3) is 4.63. The molecule has 0 saturated heterocycles. The zero-order valence-corrected chi connectivity index (χ0v) is 10.0. The van der Waals surface area contributed by atoms with Gasteiger partial charge in [-0.3, -0.25) is 4.68 Å². The Bertz CT molecular complexity index is 377. The van der Waals surface area contributed by atoms with Gasteiger partial charge in [0, 0.05) is 24.3 Å². The van der Waals surface area contributed by atoms with Crippen LogP contribution in [0.3, 0.4) is 0 Å². The molecule has 0 saturated carbocycles. The summed E-state index contributed by atoms with van der Waals surface area (Å²) in [5.74, 6) is 0.0435. The van der Waals surface area contributed by atoms with E-state index in [0.29, 0.717) is 6.54 Å². The van der Waals surface area contributed by atoms with Crippen molar-refractivity contribution in [1.82, 2.24) is 14.5 Å². The minimum atomic E-state index is -3.26. The van der Waals surface area contributed by atoms with Crippen molar-refractivity contribution in [3.8, 4) is 0 Å². The van der Waals surface area contributed by atoms with E-state index in [1.807, 2.05) is 0 Å². The van der Waals surface area contributed by atoms with E-state index in [1.165, 1.54) is 0 Å². The first kappa shape index (κ1) is 12.5. The molecular weight excluding hydrogens is 238 g/mol. The first-order valence-electron chi connectivity index (χ1n) is 4.57. The van der Waals surface area contributed by atoms with Gasteiger partial charge in [-0.25, -0.2) is 13.1 Å². The summed E-state index contributed by atoms with van der Waals surface area (Å²) in [6.45, 7) is 2.29. The fourth-order valence-corrected chi connectivity index (χ4v) is 2.81. The maximum Gasteiger partial charge on any atom is 0.213 e. The minimum absolute atomic E-state index is 0.0575. The topological polar surface area (TPSA) is 64.0 Å². The molecule has 1 N–H and O–H groups in total. The molecule has 1 unspecified atom stereocenters. The van der Waals surface area contributed by atoms with E-state index < -0.39 is 10.0 Å². The maximum absolute atomic E-state index is 11.3. The van der Waals surface area contributed by atoms with Crippen molar-refractivity contribution in [2.24, 2.45) is 0 Å². The highest BCUT2D eigenvalue weighted by molar-refractivity contribution is 7.89. The van der Waals surface area contributed by atoms with Crippen LogP contribution < -0.4 is 4.72 Å². The molecule has 5 nitrogen and oxygen atoms in total. The molecule has 0 radical (unpaired) electrons. The molecule has 7 heteroatoms. The molecule has 1 aromatic heterocycles. The van der Waals surface area contributed by atoms with Gasteiger partial charge in [0.2, 0.25) is 10.0 Å². The predicted octanol–water partition coefficient (Wildman–Crippen LogP) is 0.430. The summed E-state index contributed by atoms with van der Waals surface area (Å²) in [5.41, 5.74) is 0. The lowest BCUT2D eigenvalue weighted by molar-refractivity contribution is 0.494. The molecule has 86 valence electrons. The SMILES string of the molecule is CC(Cn1cccn1)NS(=O)(=O)CCCl. The van der Waals surface area contributed by atoms with Crippen LogP contribution in [0, 0.1) is 0 Å². The van der Waals surface area contributed by atoms with Crippen LogP contribution in [0.4, 0.5) is 0 Å². The highest BCUT2D eigenvalue weighted by Crippen LogP contribution is 1.95. The zero-order chi connectivity index (χ0) is 11.3. The summed E-state index contributed by atoms with van der Waals surface area (Å²) < 4.78 is 26.9. The molecule has 0 amide bonds. The lowest BCUT2D eigenvalue weighted by atomic mass is 10.4.